The monoisotopic (exact) mass is 596 g/mol. The smallest absolute Gasteiger partial charge is 0.0165 e. The lowest BCUT2D eigenvalue weighted by Gasteiger charge is -2.26. The van der Waals surface area contributed by atoms with Gasteiger partial charge in [-0.2, -0.15) is 0 Å². The minimum Gasteiger partial charge on any atom is -0.0616 e. The molecule has 0 heteroatoms. The van der Waals surface area contributed by atoms with Gasteiger partial charge in [0.05, 0.1) is 0 Å². The second kappa shape index (κ2) is 9.64. The predicted octanol–water partition coefficient (Wildman–Crippen LogP) is 13.1. The van der Waals surface area contributed by atoms with Gasteiger partial charge in [-0.05, 0) is 98.4 Å². The number of benzene rings is 9. The molecule has 0 amide bonds. The van der Waals surface area contributed by atoms with Gasteiger partial charge in [0.15, 0.2) is 0 Å². The Morgan fingerprint density at radius 3 is 1.40 bits per heavy atom. The average Bonchev–Trinajstić information content (AvgIpc) is 3.37. The Bertz CT molecular complexity index is 2700. The third-order valence-electron chi connectivity index (χ3n) is 10.8. The first kappa shape index (κ1) is 26.5. The molecule has 1 aliphatic rings. The Labute approximate surface area is 274 Å². The second-order valence-corrected chi connectivity index (χ2v) is 13.6. The minimum atomic E-state index is -0.150. The normalized spacial score (nSPS) is 13.5. The van der Waals surface area contributed by atoms with Gasteiger partial charge in [0.1, 0.15) is 0 Å². The largest absolute Gasteiger partial charge is 0.0616 e. The summed E-state index contributed by atoms with van der Waals surface area (Å²) in [7, 11) is 0. The van der Waals surface area contributed by atoms with Crippen LogP contribution >= 0.6 is 0 Å². The zero-order valence-electron chi connectivity index (χ0n) is 26.5. The molecule has 1 aliphatic carbocycles. The standard InChI is InChI=1S/C47H32/c1-47(2)42-28-26-30-14-4-6-16-32(30)45(42)41-24-12-23-40(46(41)47)44-38-19-9-7-17-36(38)43(37-18-8-10-20-39(37)44)35-22-11-21-33-31-15-5-3-13-29(31)25-27-34(33)35/h3-28H,1-2H3. The van der Waals surface area contributed by atoms with Crippen LogP contribution in [0.5, 0.6) is 0 Å². The molecule has 0 aromatic heterocycles. The van der Waals surface area contributed by atoms with Crippen LogP contribution in [0.3, 0.4) is 0 Å². The molecule has 9 aromatic rings. The van der Waals surface area contributed by atoms with Crippen LogP contribution in [0.1, 0.15) is 25.0 Å². The van der Waals surface area contributed by atoms with E-state index in [-0.39, 0.29) is 5.41 Å². The quantitative estimate of drug-likeness (QED) is 0.138. The van der Waals surface area contributed by atoms with Crippen LogP contribution in [-0.2, 0) is 5.41 Å². The van der Waals surface area contributed by atoms with Gasteiger partial charge in [0.2, 0.25) is 0 Å². The van der Waals surface area contributed by atoms with Crippen molar-refractivity contribution in [2.45, 2.75) is 19.3 Å². The van der Waals surface area contributed by atoms with Crippen molar-refractivity contribution in [2.24, 2.45) is 0 Å². The molecule has 0 spiro atoms. The van der Waals surface area contributed by atoms with Crippen LogP contribution in [-0.4, -0.2) is 0 Å². The van der Waals surface area contributed by atoms with Crippen LogP contribution in [0.25, 0.3) is 87.2 Å². The fourth-order valence-corrected chi connectivity index (χ4v) is 8.83. The van der Waals surface area contributed by atoms with Crippen molar-refractivity contribution in [1.82, 2.24) is 0 Å². The number of rotatable bonds is 2. The Hall–Kier alpha value is -5.72. The molecule has 0 fully saturated rings. The molecule has 0 atom stereocenters. The second-order valence-electron chi connectivity index (χ2n) is 13.6. The molecule has 0 saturated heterocycles. The molecule has 0 N–H and O–H groups in total. The molecule has 0 heterocycles. The fourth-order valence-electron chi connectivity index (χ4n) is 8.83. The Morgan fingerprint density at radius 2 is 0.745 bits per heavy atom. The van der Waals surface area contributed by atoms with Gasteiger partial charge in [0, 0.05) is 5.41 Å². The Morgan fingerprint density at radius 1 is 0.298 bits per heavy atom. The molecule has 220 valence electrons. The van der Waals surface area contributed by atoms with Crippen LogP contribution in [0, 0.1) is 0 Å². The highest BCUT2D eigenvalue weighted by Crippen LogP contribution is 2.56. The van der Waals surface area contributed by atoms with Gasteiger partial charge in [-0.25, -0.2) is 0 Å². The molecule has 0 aliphatic heterocycles. The minimum absolute atomic E-state index is 0.150. The van der Waals surface area contributed by atoms with E-state index < -0.39 is 0 Å². The predicted molar refractivity (Wildman–Crippen MR) is 202 cm³/mol. The first-order valence-corrected chi connectivity index (χ1v) is 16.6. The van der Waals surface area contributed by atoms with Gasteiger partial charge in [-0.15, -0.1) is 0 Å². The maximum atomic E-state index is 2.41. The Balaban J connectivity index is 1.33. The van der Waals surface area contributed by atoms with E-state index >= 15 is 0 Å². The molecule has 0 radical (unpaired) electrons. The molecular weight excluding hydrogens is 565 g/mol. The zero-order valence-corrected chi connectivity index (χ0v) is 26.5. The number of hydrogen-bond acceptors (Lipinski definition) is 0. The van der Waals surface area contributed by atoms with Crippen molar-refractivity contribution < 1.29 is 0 Å². The van der Waals surface area contributed by atoms with E-state index in [2.05, 4.69) is 172 Å². The maximum absolute atomic E-state index is 2.41. The van der Waals surface area contributed by atoms with Gasteiger partial charge >= 0.3 is 0 Å². The Kier molecular flexibility index (Phi) is 5.44. The summed E-state index contributed by atoms with van der Waals surface area (Å²) >= 11 is 0. The highest BCUT2D eigenvalue weighted by atomic mass is 14.4. The van der Waals surface area contributed by atoms with Gasteiger partial charge in [0.25, 0.3) is 0 Å². The molecule has 47 heavy (non-hydrogen) atoms. The van der Waals surface area contributed by atoms with E-state index in [1.54, 1.807) is 0 Å². The topological polar surface area (TPSA) is 0 Å². The molecule has 0 bridgehead atoms. The van der Waals surface area contributed by atoms with E-state index in [1.807, 2.05) is 0 Å². The number of hydrogen-bond donors (Lipinski definition) is 0. The zero-order chi connectivity index (χ0) is 31.3. The first-order chi connectivity index (χ1) is 23.1. The molecule has 0 unspecified atom stereocenters. The lowest BCUT2D eigenvalue weighted by Crippen LogP contribution is -2.16. The summed E-state index contributed by atoms with van der Waals surface area (Å²) in [5, 5.41) is 13.0. The summed E-state index contributed by atoms with van der Waals surface area (Å²) in [6.45, 7) is 4.82. The van der Waals surface area contributed by atoms with E-state index in [0.29, 0.717) is 0 Å². The lowest BCUT2D eigenvalue weighted by molar-refractivity contribution is 0.663. The average molecular weight is 597 g/mol. The van der Waals surface area contributed by atoms with Crippen molar-refractivity contribution >= 4 is 53.9 Å². The van der Waals surface area contributed by atoms with Crippen LogP contribution in [0.15, 0.2) is 158 Å². The summed E-state index contributed by atoms with van der Waals surface area (Å²) in [6, 6.07) is 58.8. The van der Waals surface area contributed by atoms with Crippen LogP contribution < -0.4 is 0 Å². The first-order valence-electron chi connectivity index (χ1n) is 16.6. The van der Waals surface area contributed by atoms with E-state index in [1.165, 1.54) is 98.4 Å². The van der Waals surface area contributed by atoms with Crippen LogP contribution in [0.2, 0.25) is 0 Å². The van der Waals surface area contributed by atoms with Gasteiger partial charge in [-0.1, -0.05) is 172 Å². The third kappa shape index (κ3) is 3.59. The van der Waals surface area contributed by atoms with Gasteiger partial charge < -0.3 is 0 Å². The van der Waals surface area contributed by atoms with Crippen molar-refractivity contribution in [1.29, 1.82) is 0 Å². The SMILES string of the molecule is CC1(C)c2ccc3ccccc3c2-c2cccc(-c3c4ccccc4c(-c4cccc5c4ccc4ccccc45)c4ccccc34)c21. The molecular formula is C47H32. The van der Waals surface area contributed by atoms with Gasteiger partial charge in [-0.3, -0.25) is 0 Å². The van der Waals surface area contributed by atoms with Crippen LogP contribution in [0.4, 0.5) is 0 Å². The summed E-state index contributed by atoms with van der Waals surface area (Å²) < 4.78 is 0. The highest BCUT2D eigenvalue weighted by molar-refractivity contribution is 6.25. The van der Waals surface area contributed by atoms with E-state index in [0.717, 1.165) is 0 Å². The maximum Gasteiger partial charge on any atom is 0.0165 e. The lowest BCUT2D eigenvalue weighted by atomic mass is 9.76. The van der Waals surface area contributed by atoms with Crippen molar-refractivity contribution in [3.63, 3.8) is 0 Å². The van der Waals surface area contributed by atoms with E-state index in [9.17, 15) is 0 Å². The summed E-state index contributed by atoms with van der Waals surface area (Å²) in [5.74, 6) is 0. The molecule has 0 saturated carbocycles. The fraction of sp³-hybridized carbons (Fsp3) is 0.0638. The van der Waals surface area contributed by atoms with Crippen molar-refractivity contribution in [2.75, 3.05) is 0 Å². The summed E-state index contributed by atoms with van der Waals surface area (Å²) in [6.07, 6.45) is 0. The highest BCUT2D eigenvalue weighted by Gasteiger charge is 2.39. The summed E-state index contributed by atoms with van der Waals surface area (Å²) in [5.41, 5.74) is 10.7. The van der Waals surface area contributed by atoms with Crippen molar-refractivity contribution in [3.05, 3.63) is 169 Å². The third-order valence-corrected chi connectivity index (χ3v) is 10.8. The van der Waals surface area contributed by atoms with E-state index in [4.69, 9.17) is 0 Å². The number of fused-ring (bicyclic) bond motifs is 10. The summed E-state index contributed by atoms with van der Waals surface area (Å²) in [4.78, 5) is 0. The molecule has 0 nitrogen and oxygen atoms in total. The molecule has 9 aromatic carbocycles. The molecule has 10 rings (SSSR count). The van der Waals surface area contributed by atoms with Crippen molar-refractivity contribution in [3.8, 4) is 33.4 Å².